The first-order valence-corrected chi connectivity index (χ1v) is 5.55. The molecule has 0 aromatic heterocycles. The fourth-order valence-electron chi connectivity index (χ4n) is 2.36. The highest BCUT2D eigenvalue weighted by molar-refractivity contribution is 5.81. The molecule has 16 heavy (non-hydrogen) atoms. The van der Waals surface area contributed by atoms with E-state index in [1.807, 2.05) is 37.4 Å². The zero-order valence-corrected chi connectivity index (χ0v) is 9.69. The van der Waals surface area contributed by atoms with Gasteiger partial charge in [0.05, 0.1) is 12.5 Å². The van der Waals surface area contributed by atoms with Crippen LogP contribution in [0.15, 0.2) is 30.3 Å². The maximum Gasteiger partial charge on any atom is 0.313 e. The van der Waals surface area contributed by atoms with Gasteiger partial charge in [0.15, 0.2) is 0 Å². The number of hydrogen-bond acceptors (Lipinski definition) is 3. The highest BCUT2D eigenvalue weighted by Crippen LogP contribution is 2.55. The molecule has 86 valence electrons. The van der Waals surface area contributed by atoms with Crippen LogP contribution in [0.3, 0.4) is 0 Å². The topological polar surface area (TPSA) is 38.3 Å². The van der Waals surface area contributed by atoms with E-state index in [0.717, 1.165) is 18.4 Å². The highest BCUT2D eigenvalue weighted by atomic mass is 16.5. The molecule has 0 amide bonds. The molecule has 0 spiro atoms. The van der Waals surface area contributed by atoms with Crippen LogP contribution in [-0.2, 0) is 9.53 Å². The minimum absolute atomic E-state index is 0.0566. The summed E-state index contributed by atoms with van der Waals surface area (Å²) < 4.78 is 4.90. The zero-order valence-electron chi connectivity index (χ0n) is 9.69. The second-order valence-electron chi connectivity index (χ2n) is 4.28. The van der Waals surface area contributed by atoms with Crippen LogP contribution in [0.5, 0.6) is 0 Å². The van der Waals surface area contributed by atoms with Crippen LogP contribution in [0.25, 0.3) is 0 Å². The van der Waals surface area contributed by atoms with Gasteiger partial charge in [0, 0.05) is 6.04 Å². The van der Waals surface area contributed by atoms with Crippen molar-refractivity contribution in [1.29, 1.82) is 0 Å². The summed E-state index contributed by atoms with van der Waals surface area (Å²) in [4.78, 5) is 11.8. The van der Waals surface area contributed by atoms with E-state index in [1.165, 1.54) is 7.11 Å². The summed E-state index contributed by atoms with van der Waals surface area (Å²) in [6.07, 6.45) is 1.81. The van der Waals surface area contributed by atoms with Crippen LogP contribution in [0.1, 0.15) is 24.4 Å². The molecule has 1 fully saturated rings. The van der Waals surface area contributed by atoms with Gasteiger partial charge in [-0.05, 0) is 25.5 Å². The van der Waals surface area contributed by atoms with Crippen molar-refractivity contribution in [3.63, 3.8) is 0 Å². The lowest BCUT2D eigenvalue weighted by molar-refractivity contribution is -0.148. The highest BCUT2D eigenvalue weighted by Gasteiger charge is 2.56. The standard InChI is InChI=1S/C13H17NO2/c1-14-11(10-6-4-3-5-7-10)13(8-9-13)12(15)16-2/h3-7,11,14H,8-9H2,1-2H3. The molecule has 1 atom stereocenters. The van der Waals surface area contributed by atoms with Gasteiger partial charge in [-0.2, -0.15) is 0 Å². The Morgan fingerprint density at radius 1 is 1.38 bits per heavy atom. The van der Waals surface area contributed by atoms with Gasteiger partial charge in [0.1, 0.15) is 0 Å². The van der Waals surface area contributed by atoms with E-state index in [0.29, 0.717) is 0 Å². The Kier molecular flexibility index (Phi) is 2.97. The third-order valence-electron chi connectivity index (χ3n) is 3.35. The number of rotatable bonds is 4. The number of benzene rings is 1. The average Bonchev–Trinajstić information content (AvgIpc) is 3.12. The SMILES string of the molecule is CNC(c1ccccc1)C1(C(=O)OC)CC1. The fraction of sp³-hybridized carbons (Fsp3) is 0.462. The van der Waals surface area contributed by atoms with E-state index in [1.54, 1.807) is 0 Å². The number of ether oxygens (including phenoxy) is 1. The quantitative estimate of drug-likeness (QED) is 0.786. The van der Waals surface area contributed by atoms with Crippen LogP contribution in [0.4, 0.5) is 0 Å². The molecule has 3 heteroatoms. The largest absolute Gasteiger partial charge is 0.469 e. The van der Waals surface area contributed by atoms with Crippen LogP contribution in [0.2, 0.25) is 0 Å². The van der Waals surface area contributed by atoms with Gasteiger partial charge in [-0.25, -0.2) is 0 Å². The Bertz CT molecular complexity index is 371. The monoisotopic (exact) mass is 219 g/mol. The Balaban J connectivity index is 2.27. The van der Waals surface area contributed by atoms with Crippen LogP contribution < -0.4 is 5.32 Å². The van der Waals surface area contributed by atoms with Gasteiger partial charge in [-0.1, -0.05) is 30.3 Å². The average molecular weight is 219 g/mol. The Labute approximate surface area is 95.8 Å². The molecule has 1 saturated carbocycles. The molecule has 2 rings (SSSR count). The van der Waals surface area contributed by atoms with Gasteiger partial charge < -0.3 is 10.1 Å². The van der Waals surface area contributed by atoms with Crippen molar-refractivity contribution in [3.8, 4) is 0 Å². The molecule has 1 unspecified atom stereocenters. The molecule has 1 aromatic carbocycles. The Morgan fingerprint density at radius 2 is 2.00 bits per heavy atom. The van der Waals surface area contributed by atoms with Gasteiger partial charge in [0.25, 0.3) is 0 Å². The molecule has 3 nitrogen and oxygen atoms in total. The fourth-order valence-corrected chi connectivity index (χ4v) is 2.36. The molecule has 1 aromatic rings. The Morgan fingerprint density at radius 3 is 2.44 bits per heavy atom. The molecular weight excluding hydrogens is 202 g/mol. The third kappa shape index (κ3) is 1.71. The normalized spacial score (nSPS) is 18.9. The second-order valence-corrected chi connectivity index (χ2v) is 4.28. The molecule has 0 saturated heterocycles. The third-order valence-corrected chi connectivity index (χ3v) is 3.35. The predicted octanol–water partition coefficient (Wildman–Crippen LogP) is 1.90. The van der Waals surface area contributed by atoms with Crippen molar-refractivity contribution in [2.75, 3.05) is 14.2 Å². The number of hydrogen-bond donors (Lipinski definition) is 1. The van der Waals surface area contributed by atoms with Crippen molar-refractivity contribution in [2.45, 2.75) is 18.9 Å². The van der Waals surface area contributed by atoms with Crippen molar-refractivity contribution in [3.05, 3.63) is 35.9 Å². The summed E-state index contributed by atoms with van der Waals surface area (Å²) in [5, 5.41) is 3.24. The molecule has 1 N–H and O–H groups in total. The number of esters is 1. The van der Waals surface area contributed by atoms with E-state index in [2.05, 4.69) is 5.32 Å². The maximum absolute atomic E-state index is 11.8. The minimum Gasteiger partial charge on any atom is -0.469 e. The molecule has 0 radical (unpaired) electrons. The molecule has 0 heterocycles. The summed E-state index contributed by atoms with van der Waals surface area (Å²) in [6, 6.07) is 10.1. The maximum atomic E-state index is 11.8. The van der Waals surface area contributed by atoms with E-state index in [9.17, 15) is 4.79 Å². The number of methoxy groups -OCH3 is 1. The first kappa shape index (κ1) is 11.1. The second kappa shape index (κ2) is 4.26. The van der Waals surface area contributed by atoms with Gasteiger partial charge in [-0.3, -0.25) is 4.79 Å². The smallest absolute Gasteiger partial charge is 0.313 e. The summed E-state index contributed by atoms with van der Waals surface area (Å²) in [5.41, 5.74) is 0.804. The predicted molar refractivity (Wildman–Crippen MR) is 61.9 cm³/mol. The van der Waals surface area contributed by atoms with Crippen molar-refractivity contribution < 1.29 is 9.53 Å². The van der Waals surface area contributed by atoms with E-state index < -0.39 is 0 Å². The molecule has 0 bridgehead atoms. The van der Waals surface area contributed by atoms with E-state index in [-0.39, 0.29) is 17.4 Å². The first-order chi connectivity index (χ1) is 7.74. The van der Waals surface area contributed by atoms with Crippen LogP contribution in [0, 0.1) is 5.41 Å². The lowest BCUT2D eigenvalue weighted by Crippen LogP contribution is -2.33. The Hall–Kier alpha value is -1.35. The van der Waals surface area contributed by atoms with Crippen LogP contribution in [-0.4, -0.2) is 20.1 Å². The lowest BCUT2D eigenvalue weighted by atomic mass is 9.90. The van der Waals surface area contributed by atoms with Gasteiger partial charge in [0.2, 0.25) is 0 Å². The van der Waals surface area contributed by atoms with E-state index in [4.69, 9.17) is 4.74 Å². The summed E-state index contributed by atoms with van der Waals surface area (Å²) >= 11 is 0. The lowest BCUT2D eigenvalue weighted by Gasteiger charge is -2.24. The van der Waals surface area contributed by atoms with E-state index >= 15 is 0 Å². The zero-order chi connectivity index (χ0) is 11.6. The molecule has 1 aliphatic rings. The van der Waals surface area contributed by atoms with Crippen molar-refractivity contribution in [1.82, 2.24) is 5.32 Å². The molecule has 1 aliphatic carbocycles. The number of carbonyl (C=O) groups excluding carboxylic acids is 1. The van der Waals surface area contributed by atoms with Crippen molar-refractivity contribution in [2.24, 2.45) is 5.41 Å². The molecule has 0 aliphatic heterocycles. The van der Waals surface area contributed by atoms with Gasteiger partial charge >= 0.3 is 5.97 Å². The van der Waals surface area contributed by atoms with Crippen LogP contribution >= 0.6 is 0 Å². The number of carbonyl (C=O) groups is 1. The summed E-state index contributed by atoms with van der Waals surface area (Å²) in [5.74, 6) is -0.101. The van der Waals surface area contributed by atoms with Gasteiger partial charge in [-0.15, -0.1) is 0 Å². The number of nitrogens with one attached hydrogen (secondary N) is 1. The minimum atomic E-state index is -0.342. The summed E-state index contributed by atoms with van der Waals surface area (Å²) in [7, 11) is 3.35. The van der Waals surface area contributed by atoms with Crippen molar-refractivity contribution >= 4 is 5.97 Å². The first-order valence-electron chi connectivity index (χ1n) is 5.55. The summed E-state index contributed by atoms with van der Waals surface area (Å²) in [6.45, 7) is 0. The molecular formula is C13H17NO2.